The first-order valence-corrected chi connectivity index (χ1v) is 5.84. The maximum absolute atomic E-state index is 12.8. The fraction of sp³-hybridized carbons (Fsp3) is 0.462. The summed E-state index contributed by atoms with van der Waals surface area (Å²) < 4.78 is 12.8. The van der Waals surface area contributed by atoms with Gasteiger partial charge in [-0.25, -0.2) is 4.39 Å². The lowest BCUT2D eigenvalue weighted by atomic mass is 9.74. The molecule has 0 aliphatic heterocycles. The van der Waals surface area contributed by atoms with E-state index in [2.05, 4.69) is 0 Å². The van der Waals surface area contributed by atoms with Crippen molar-refractivity contribution < 1.29 is 19.4 Å². The van der Waals surface area contributed by atoms with Crippen molar-refractivity contribution in [1.82, 2.24) is 0 Å². The summed E-state index contributed by atoms with van der Waals surface area (Å²) in [6, 6.07) is 4.96. The van der Waals surface area contributed by atoms with Gasteiger partial charge in [-0.3, -0.25) is 4.79 Å². The fourth-order valence-electron chi connectivity index (χ4n) is 1.72. The van der Waals surface area contributed by atoms with Crippen LogP contribution in [0.1, 0.15) is 32.4 Å². The van der Waals surface area contributed by atoms with Gasteiger partial charge < -0.3 is 10.2 Å². The van der Waals surface area contributed by atoms with Gasteiger partial charge in [0, 0.05) is 0 Å². The van der Waals surface area contributed by atoms with Gasteiger partial charge in [0.05, 0.1) is 0 Å². The van der Waals surface area contributed by atoms with Gasteiger partial charge in [0.25, 0.3) is 0 Å². The molecule has 0 radical (unpaired) electrons. The molecule has 100 valence electrons. The number of carbonyl (C=O) groups is 1. The zero-order valence-corrected chi connectivity index (χ0v) is 11.2. The van der Waals surface area contributed by atoms with Crippen molar-refractivity contribution in [2.45, 2.75) is 31.7 Å². The van der Waals surface area contributed by atoms with Crippen LogP contribution in [0, 0.1) is 11.2 Å². The number of hydrogen-bond donors (Lipinski definition) is 2. The molecule has 0 bridgehead atoms. The Morgan fingerprint density at radius 2 is 1.72 bits per heavy atom. The largest absolute Gasteiger partial charge is 0.480 e. The second kappa shape index (κ2) is 4.86. The first-order chi connectivity index (χ1) is 8.10. The number of halogens is 2. The standard InChI is InChI=1S/C13H16ClFO3/c1-12(2,3)13(14,11(17)18)10(16)8-4-6-9(15)7-5-8/h4-7,10,16H,1-3H3,(H,17,18). The molecule has 3 nitrogen and oxygen atoms in total. The summed E-state index contributed by atoms with van der Waals surface area (Å²) in [5.41, 5.74) is -0.613. The molecule has 0 saturated carbocycles. The quantitative estimate of drug-likeness (QED) is 0.833. The third-order valence-corrected chi connectivity index (χ3v) is 3.90. The minimum Gasteiger partial charge on any atom is -0.480 e. The van der Waals surface area contributed by atoms with Crippen molar-refractivity contribution in [3.05, 3.63) is 35.6 Å². The van der Waals surface area contributed by atoms with E-state index in [0.717, 1.165) is 12.1 Å². The van der Waals surface area contributed by atoms with Crippen molar-refractivity contribution in [3.8, 4) is 0 Å². The molecule has 18 heavy (non-hydrogen) atoms. The number of aliphatic hydroxyl groups excluding tert-OH is 1. The minimum atomic E-state index is -1.88. The van der Waals surface area contributed by atoms with E-state index in [0.29, 0.717) is 0 Å². The Morgan fingerprint density at radius 1 is 1.28 bits per heavy atom. The van der Waals surface area contributed by atoms with Crippen LogP contribution in [0.5, 0.6) is 0 Å². The third-order valence-electron chi connectivity index (χ3n) is 2.97. The summed E-state index contributed by atoms with van der Waals surface area (Å²) in [6.07, 6.45) is -1.43. The number of alkyl halides is 1. The second-order valence-electron chi connectivity index (χ2n) is 5.22. The highest BCUT2D eigenvalue weighted by Crippen LogP contribution is 2.46. The lowest BCUT2D eigenvalue weighted by molar-refractivity contribution is -0.148. The molecule has 0 fully saturated rings. The predicted molar refractivity (Wildman–Crippen MR) is 67.0 cm³/mol. The van der Waals surface area contributed by atoms with E-state index in [4.69, 9.17) is 11.6 Å². The Balaban J connectivity index is 3.24. The SMILES string of the molecule is CC(C)(C)C(Cl)(C(=O)O)C(O)c1ccc(F)cc1. The zero-order valence-electron chi connectivity index (χ0n) is 10.4. The molecule has 1 aromatic rings. The Morgan fingerprint density at radius 3 is 2.06 bits per heavy atom. The normalized spacial score (nSPS) is 17.0. The van der Waals surface area contributed by atoms with Crippen molar-refractivity contribution >= 4 is 17.6 Å². The van der Waals surface area contributed by atoms with Gasteiger partial charge in [-0.05, 0) is 23.1 Å². The molecule has 1 rings (SSSR count). The Bertz CT molecular complexity index is 439. The molecular weight excluding hydrogens is 259 g/mol. The van der Waals surface area contributed by atoms with Crippen molar-refractivity contribution in [2.24, 2.45) is 5.41 Å². The molecule has 2 unspecified atom stereocenters. The monoisotopic (exact) mass is 274 g/mol. The van der Waals surface area contributed by atoms with Gasteiger partial charge in [0.2, 0.25) is 0 Å². The summed E-state index contributed by atoms with van der Waals surface area (Å²) in [6.45, 7) is 4.88. The maximum atomic E-state index is 12.8. The smallest absolute Gasteiger partial charge is 0.328 e. The van der Waals surface area contributed by atoms with Crippen LogP contribution in [0.2, 0.25) is 0 Å². The van der Waals surface area contributed by atoms with E-state index < -0.39 is 28.2 Å². The number of aliphatic carboxylic acids is 1. The number of carboxylic acid groups (broad SMARTS) is 1. The lowest BCUT2D eigenvalue weighted by Gasteiger charge is -2.39. The topological polar surface area (TPSA) is 57.5 Å². The summed E-state index contributed by atoms with van der Waals surface area (Å²) >= 11 is 6.13. The average Bonchev–Trinajstić information content (AvgIpc) is 2.26. The van der Waals surface area contributed by atoms with Crippen LogP contribution >= 0.6 is 11.6 Å². The van der Waals surface area contributed by atoms with Crippen LogP contribution in [0.3, 0.4) is 0 Å². The molecule has 0 aliphatic rings. The first-order valence-electron chi connectivity index (χ1n) is 5.46. The van der Waals surface area contributed by atoms with Gasteiger partial charge in [-0.2, -0.15) is 0 Å². The van der Waals surface area contributed by atoms with Gasteiger partial charge in [0.1, 0.15) is 11.9 Å². The van der Waals surface area contributed by atoms with E-state index in [-0.39, 0.29) is 5.56 Å². The molecule has 0 aliphatic carbocycles. The van der Waals surface area contributed by atoms with E-state index in [1.807, 2.05) is 0 Å². The number of hydrogen-bond acceptors (Lipinski definition) is 2. The van der Waals surface area contributed by atoms with Crippen LogP contribution < -0.4 is 0 Å². The lowest BCUT2D eigenvalue weighted by Crippen LogP contribution is -2.49. The summed E-state index contributed by atoms with van der Waals surface area (Å²) in [5, 5.41) is 19.5. The van der Waals surface area contributed by atoms with Gasteiger partial charge in [0.15, 0.2) is 4.87 Å². The van der Waals surface area contributed by atoms with Gasteiger partial charge in [-0.15, -0.1) is 11.6 Å². The first kappa shape index (κ1) is 14.9. The van der Waals surface area contributed by atoms with Crippen molar-refractivity contribution in [3.63, 3.8) is 0 Å². The second-order valence-corrected chi connectivity index (χ2v) is 5.82. The highest BCUT2D eigenvalue weighted by atomic mass is 35.5. The van der Waals surface area contributed by atoms with Crippen LogP contribution in [-0.4, -0.2) is 21.1 Å². The minimum absolute atomic E-state index is 0.267. The average molecular weight is 275 g/mol. The highest BCUT2D eigenvalue weighted by Gasteiger charge is 2.53. The Labute approximate surface area is 110 Å². The molecule has 0 amide bonds. The van der Waals surface area contributed by atoms with Crippen LogP contribution in [0.15, 0.2) is 24.3 Å². The molecule has 0 saturated heterocycles. The number of benzene rings is 1. The van der Waals surface area contributed by atoms with Crippen LogP contribution in [-0.2, 0) is 4.79 Å². The molecule has 0 spiro atoms. The molecule has 0 aromatic heterocycles. The van der Waals surface area contributed by atoms with Crippen molar-refractivity contribution in [1.29, 1.82) is 0 Å². The van der Waals surface area contributed by atoms with Crippen LogP contribution in [0.4, 0.5) is 4.39 Å². The highest BCUT2D eigenvalue weighted by molar-refractivity contribution is 6.34. The Kier molecular flexibility index (Phi) is 4.03. The predicted octanol–water partition coefficient (Wildman–Crippen LogP) is 2.97. The number of aliphatic hydroxyl groups is 1. The Hall–Kier alpha value is -1.13. The summed E-state index contributed by atoms with van der Waals surface area (Å²) in [7, 11) is 0. The number of carboxylic acids is 1. The van der Waals surface area contributed by atoms with Crippen molar-refractivity contribution in [2.75, 3.05) is 0 Å². The molecular formula is C13H16ClFO3. The summed E-state index contributed by atoms with van der Waals surface area (Å²) in [5.74, 6) is -1.77. The molecule has 0 heterocycles. The maximum Gasteiger partial charge on any atom is 0.328 e. The van der Waals surface area contributed by atoms with E-state index in [1.54, 1.807) is 20.8 Å². The van der Waals surface area contributed by atoms with E-state index >= 15 is 0 Å². The summed E-state index contributed by atoms with van der Waals surface area (Å²) in [4.78, 5) is 9.50. The number of rotatable bonds is 3. The zero-order chi connectivity index (χ0) is 14.1. The fourth-order valence-corrected chi connectivity index (χ4v) is 1.85. The third kappa shape index (κ3) is 2.49. The molecule has 2 atom stereocenters. The van der Waals surface area contributed by atoms with Gasteiger partial charge in [-0.1, -0.05) is 32.9 Å². The molecule has 5 heteroatoms. The van der Waals surface area contributed by atoms with E-state index in [1.165, 1.54) is 12.1 Å². The molecule has 2 N–H and O–H groups in total. The van der Waals surface area contributed by atoms with E-state index in [9.17, 15) is 19.4 Å². The molecule has 1 aromatic carbocycles. The van der Waals surface area contributed by atoms with Gasteiger partial charge >= 0.3 is 5.97 Å². The van der Waals surface area contributed by atoms with Crippen LogP contribution in [0.25, 0.3) is 0 Å².